The van der Waals surface area contributed by atoms with Crippen molar-refractivity contribution < 1.29 is 9.90 Å². The maximum Gasteiger partial charge on any atom is 0.308 e. The average molecular weight is 251 g/mol. The van der Waals surface area contributed by atoms with Crippen LogP contribution in [0.4, 0.5) is 0 Å². The minimum atomic E-state index is -0.566. The first-order valence-electron chi connectivity index (χ1n) is 7.72. The molecule has 102 valence electrons. The Morgan fingerprint density at radius 2 is 1.78 bits per heavy atom. The van der Waals surface area contributed by atoms with Gasteiger partial charge < -0.3 is 10.4 Å². The quantitative estimate of drug-likeness (QED) is 0.807. The molecular weight excluding hydrogens is 226 g/mol. The van der Waals surface area contributed by atoms with Crippen molar-refractivity contribution in [3.63, 3.8) is 0 Å². The molecule has 3 aliphatic rings. The molecule has 3 fully saturated rings. The molecule has 0 aromatic carbocycles. The molecule has 2 N–H and O–H groups in total. The van der Waals surface area contributed by atoms with E-state index in [0.717, 1.165) is 25.3 Å². The normalized spacial score (nSPS) is 40.2. The minimum Gasteiger partial charge on any atom is -0.481 e. The van der Waals surface area contributed by atoms with E-state index < -0.39 is 5.97 Å². The Hall–Kier alpha value is -0.570. The summed E-state index contributed by atoms with van der Waals surface area (Å²) >= 11 is 0. The fraction of sp³-hybridized carbons (Fsp3) is 0.933. The van der Waals surface area contributed by atoms with Crippen LogP contribution >= 0.6 is 0 Å². The van der Waals surface area contributed by atoms with Crippen LogP contribution in [-0.2, 0) is 4.79 Å². The standard InChI is InChI=1S/C15H25NO2/c17-15(18)13-11-6-7-12(8-11)14(13)16-9-10-4-2-1-3-5-10/h10-14,16H,1-9H2,(H,17,18). The van der Waals surface area contributed by atoms with E-state index in [1.807, 2.05) is 0 Å². The van der Waals surface area contributed by atoms with Gasteiger partial charge in [-0.15, -0.1) is 0 Å². The molecule has 4 atom stereocenters. The molecule has 4 unspecified atom stereocenters. The van der Waals surface area contributed by atoms with Crippen LogP contribution in [0.5, 0.6) is 0 Å². The van der Waals surface area contributed by atoms with Crippen LogP contribution in [0.15, 0.2) is 0 Å². The maximum absolute atomic E-state index is 11.4. The van der Waals surface area contributed by atoms with Gasteiger partial charge in [-0.05, 0) is 56.4 Å². The van der Waals surface area contributed by atoms with Gasteiger partial charge in [-0.25, -0.2) is 0 Å². The number of aliphatic carboxylic acids is 1. The summed E-state index contributed by atoms with van der Waals surface area (Å²) in [6, 6.07) is 0.267. The van der Waals surface area contributed by atoms with Gasteiger partial charge >= 0.3 is 5.97 Å². The fourth-order valence-electron chi connectivity index (χ4n) is 4.63. The number of rotatable bonds is 4. The van der Waals surface area contributed by atoms with Crippen molar-refractivity contribution in [1.29, 1.82) is 0 Å². The molecule has 3 saturated carbocycles. The summed E-state index contributed by atoms with van der Waals surface area (Å²) in [6.45, 7) is 1.05. The summed E-state index contributed by atoms with van der Waals surface area (Å²) in [5.74, 6) is 1.22. The zero-order chi connectivity index (χ0) is 12.5. The van der Waals surface area contributed by atoms with Crippen LogP contribution in [0.3, 0.4) is 0 Å². The lowest BCUT2D eigenvalue weighted by Gasteiger charge is -2.31. The highest BCUT2D eigenvalue weighted by Gasteiger charge is 2.50. The highest BCUT2D eigenvalue weighted by Crippen LogP contribution is 2.48. The Morgan fingerprint density at radius 3 is 2.50 bits per heavy atom. The zero-order valence-electron chi connectivity index (χ0n) is 11.1. The molecule has 3 nitrogen and oxygen atoms in total. The van der Waals surface area contributed by atoms with E-state index in [1.54, 1.807) is 0 Å². The Labute approximate surface area is 109 Å². The fourth-order valence-corrected chi connectivity index (χ4v) is 4.63. The van der Waals surface area contributed by atoms with Crippen molar-refractivity contribution in [3.8, 4) is 0 Å². The first-order valence-corrected chi connectivity index (χ1v) is 7.72. The van der Waals surface area contributed by atoms with Crippen molar-refractivity contribution in [1.82, 2.24) is 5.32 Å². The van der Waals surface area contributed by atoms with E-state index in [9.17, 15) is 9.90 Å². The van der Waals surface area contributed by atoms with Gasteiger partial charge in [0.25, 0.3) is 0 Å². The van der Waals surface area contributed by atoms with Crippen LogP contribution in [0.1, 0.15) is 51.4 Å². The third kappa shape index (κ3) is 2.29. The zero-order valence-corrected chi connectivity index (χ0v) is 11.1. The summed E-state index contributed by atoms with van der Waals surface area (Å²) in [5.41, 5.74) is 0. The van der Waals surface area contributed by atoms with E-state index in [4.69, 9.17) is 0 Å². The molecule has 3 aliphatic carbocycles. The molecule has 0 heterocycles. The summed E-state index contributed by atoms with van der Waals surface area (Å²) in [7, 11) is 0. The molecule has 0 aromatic heterocycles. The second-order valence-electron chi connectivity index (χ2n) is 6.64. The molecule has 0 saturated heterocycles. The molecule has 18 heavy (non-hydrogen) atoms. The second kappa shape index (κ2) is 5.20. The second-order valence-corrected chi connectivity index (χ2v) is 6.64. The Kier molecular flexibility index (Phi) is 3.60. The van der Waals surface area contributed by atoms with Crippen molar-refractivity contribution in [2.45, 2.75) is 57.4 Å². The first-order chi connectivity index (χ1) is 8.75. The lowest BCUT2D eigenvalue weighted by atomic mass is 9.83. The summed E-state index contributed by atoms with van der Waals surface area (Å²) in [6.07, 6.45) is 10.3. The Morgan fingerprint density at radius 1 is 1.06 bits per heavy atom. The number of carboxylic acids is 1. The minimum absolute atomic E-state index is 0.104. The van der Waals surface area contributed by atoms with Crippen LogP contribution < -0.4 is 5.32 Å². The van der Waals surface area contributed by atoms with Crippen molar-refractivity contribution in [2.75, 3.05) is 6.54 Å². The summed E-state index contributed by atoms with van der Waals surface area (Å²) in [4.78, 5) is 11.4. The van der Waals surface area contributed by atoms with Crippen LogP contribution in [-0.4, -0.2) is 23.7 Å². The predicted molar refractivity (Wildman–Crippen MR) is 70.3 cm³/mol. The number of carbonyl (C=O) groups is 1. The number of fused-ring (bicyclic) bond motifs is 2. The molecule has 0 aromatic rings. The lowest BCUT2D eigenvalue weighted by molar-refractivity contribution is -0.144. The molecule has 3 heteroatoms. The molecule has 0 spiro atoms. The van der Waals surface area contributed by atoms with Gasteiger partial charge in [0.1, 0.15) is 0 Å². The van der Waals surface area contributed by atoms with Gasteiger partial charge in [-0.3, -0.25) is 4.79 Å². The number of hydrogen-bond donors (Lipinski definition) is 2. The van der Waals surface area contributed by atoms with E-state index in [-0.39, 0.29) is 12.0 Å². The molecule has 2 bridgehead atoms. The smallest absolute Gasteiger partial charge is 0.308 e. The van der Waals surface area contributed by atoms with Crippen LogP contribution in [0, 0.1) is 23.7 Å². The number of nitrogens with one attached hydrogen (secondary N) is 1. The Bertz CT molecular complexity index is 312. The monoisotopic (exact) mass is 251 g/mol. The molecule has 3 rings (SSSR count). The summed E-state index contributed by atoms with van der Waals surface area (Å²) in [5, 5.41) is 13.0. The van der Waals surface area contributed by atoms with Crippen molar-refractivity contribution in [2.24, 2.45) is 23.7 Å². The highest BCUT2D eigenvalue weighted by molar-refractivity contribution is 5.72. The third-order valence-corrected chi connectivity index (χ3v) is 5.57. The average Bonchev–Trinajstić information content (AvgIpc) is 2.97. The van der Waals surface area contributed by atoms with E-state index in [0.29, 0.717) is 11.8 Å². The topological polar surface area (TPSA) is 49.3 Å². The molecule has 0 radical (unpaired) electrons. The van der Waals surface area contributed by atoms with Crippen LogP contribution in [0.2, 0.25) is 0 Å². The van der Waals surface area contributed by atoms with Crippen molar-refractivity contribution in [3.05, 3.63) is 0 Å². The van der Waals surface area contributed by atoms with E-state index in [1.165, 1.54) is 38.5 Å². The maximum atomic E-state index is 11.4. The predicted octanol–water partition coefficient (Wildman–Crippen LogP) is 2.66. The number of hydrogen-bond acceptors (Lipinski definition) is 2. The molecule has 0 amide bonds. The van der Waals surface area contributed by atoms with Crippen LogP contribution in [0.25, 0.3) is 0 Å². The van der Waals surface area contributed by atoms with E-state index >= 15 is 0 Å². The van der Waals surface area contributed by atoms with E-state index in [2.05, 4.69) is 5.32 Å². The SMILES string of the molecule is O=C(O)C1C2CCC(C2)C1NCC1CCCCC1. The van der Waals surface area contributed by atoms with Gasteiger partial charge in [0.05, 0.1) is 5.92 Å². The van der Waals surface area contributed by atoms with Gasteiger partial charge in [0.2, 0.25) is 0 Å². The van der Waals surface area contributed by atoms with Gasteiger partial charge in [-0.2, -0.15) is 0 Å². The van der Waals surface area contributed by atoms with Crippen molar-refractivity contribution >= 4 is 5.97 Å². The number of carboxylic acid groups (broad SMARTS) is 1. The highest BCUT2D eigenvalue weighted by atomic mass is 16.4. The summed E-state index contributed by atoms with van der Waals surface area (Å²) < 4.78 is 0. The molecule has 0 aliphatic heterocycles. The van der Waals surface area contributed by atoms with Gasteiger partial charge in [0, 0.05) is 6.04 Å². The lowest BCUT2D eigenvalue weighted by Crippen LogP contribution is -2.46. The van der Waals surface area contributed by atoms with Gasteiger partial charge in [0.15, 0.2) is 0 Å². The first kappa shape index (κ1) is 12.5. The third-order valence-electron chi connectivity index (χ3n) is 5.57. The molecular formula is C15H25NO2. The largest absolute Gasteiger partial charge is 0.481 e. The van der Waals surface area contributed by atoms with Gasteiger partial charge in [-0.1, -0.05) is 19.3 Å². The Balaban J connectivity index is 1.56.